The van der Waals surface area contributed by atoms with E-state index in [-0.39, 0.29) is 17.8 Å². The van der Waals surface area contributed by atoms with Crippen molar-refractivity contribution >= 4 is 5.91 Å². The van der Waals surface area contributed by atoms with Crippen LogP contribution in [0.3, 0.4) is 0 Å². The van der Waals surface area contributed by atoms with E-state index in [2.05, 4.69) is 4.90 Å². The number of morpholine rings is 1. The van der Waals surface area contributed by atoms with Crippen molar-refractivity contribution in [1.82, 2.24) is 9.80 Å². The van der Waals surface area contributed by atoms with E-state index in [1.54, 1.807) is 12.1 Å². The van der Waals surface area contributed by atoms with Gasteiger partial charge < -0.3 is 9.64 Å². The Bertz CT molecular complexity index is 532. The lowest BCUT2D eigenvalue weighted by Gasteiger charge is -2.33. The van der Waals surface area contributed by atoms with Gasteiger partial charge in [0.05, 0.1) is 19.8 Å². The molecule has 23 heavy (non-hydrogen) atoms. The molecule has 0 spiro atoms. The molecule has 2 fully saturated rings. The van der Waals surface area contributed by atoms with E-state index in [0.29, 0.717) is 32.8 Å². The maximum absolute atomic E-state index is 13.6. The van der Waals surface area contributed by atoms with Crippen molar-refractivity contribution in [2.75, 3.05) is 39.4 Å². The first-order chi connectivity index (χ1) is 11.2. The number of halogens is 1. The molecule has 0 N–H and O–H groups in total. The lowest BCUT2D eigenvalue weighted by molar-refractivity contribution is -0.137. The molecule has 0 radical (unpaired) electrons. The Hall–Kier alpha value is -1.46. The van der Waals surface area contributed by atoms with Gasteiger partial charge in [0.2, 0.25) is 5.91 Å². The summed E-state index contributed by atoms with van der Waals surface area (Å²) in [5, 5.41) is 0. The number of amides is 1. The molecule has 2 aliphatic heterocycles. The predicted octanol–water partition coefficient (Wildman–Crippen LogP) is 2.60. The molecular formula is C18H25FN2O2. The zero-order chi connectivity index (χ0) is 16.1. The van der Waals surface area contributed by atoms with Gasteiger partial charge in [-0.05, 0) is 37.1 Å². The Labute approximate surface area is 137 Å². The minimum atomic E-state index is -0.203. The summed E-state index contributed by atoms with van der Waals surface area (Å²) >= 11 is 0. The van der Waals surface area contributed by atoms with E-state index in [9.17, 15) is 9.18 Å². The van der Waals surface area contributed by atoms with Crippen LogP contribution in [-0.2, 0) is 9.53 Å². The van der Waals surface area contributed by atoms with E-state index in [1.165, 1.54) is 12.5 Å². The molecular weight excluding hydrogens is 295 g/mol. The van der Waals surface area contributed by atoms with Gasteiger partial charge in [0, 0.05) is 19.1 Å². The molecule has 2 heterocycles. The molecule has 1 aromatic rings. The summed E-state index contributed by atoms with van der Waals surface area (Å²) in [6.07, 6.45) is 4.39. The maximum Gasteiger partial charge on any atom is 0.236 e. The highest BCUT2D eigenvalue weighted by Gasteiger charge is 2.27. The molecule has 1 atom stereocenters. The molecule has 2 aliphatic rings. The van der Waals surface area contributed by atoms with Crippen LogP contribution in [0.4, 0.5) is 4.39 Å². The number of benzene rings is 1. The molecule has 1 aromatic carbocycles. The second kappa shape index (κ2) is 7.88. The molecule has 2 saturated heterocycles. The lowest BCUT2D eigenvalue weighted by atomic mass is 10.0. The van der Waals surface area contributed by atoms with Crippen LogP contribution in [0.25, 0.3) is 0 Å². The Balaban J connectivity index is 1.72. The maximum atomic E-state index is 13.6. The van der Waals surface area contributed by atoms with Crippen molar-refractivity contribution in [2.24, 2.45) is 0 Å². The zero-order valence-corrected chi connectivity index (χ0v) is 13.5. The normalized spacial score (nSPS) is 23.5. The van der Waals surface area contributed by atoms with Crippen molar-refractivity contribution in [2.45, 2.75) is 31.7 Å². The summed E-state index contributed by atoms with van der Waals surface area (Å²) in [7, 11) is 0. The van der Waals surface area contributed by atoms with Crippen LogP contribution in [0, 0.1) is 5.82 Å². The van der Waals surface area contributed by atoms with Crippen LogP contribution in [0.2, 0.25) is 0 Å². The van der Waals surface area contributed by atoms with E-state index < -0.39 is 0 Å². The highest BCUT2D eigenvalue weighted by molar-refractivity contribution is 5.78. The van der Waals surface area contributed by atoms with Gasteiger partial charge in [0.15, 0.2) is 0 Å². The Kier molecular flexibility index (Phi) is 5.62. The third kappa shape index (κ3) is 4.30. The van der Waals surface area contributed by atoms with Crippen LogP contribution >= 0.6 is 0 Å². The number of ether oxygens (including phenoxy) is 1. The largest absolute Gasteiger partial charge is 0.378 e. The van der Waals surface area contributed by atoms with Gasteiger partial charge in [0.25, 0.3) is 0 Å². The smallest absolute Gasteiger partial charge is 0.236 e. The van der Waals surface area contributed by atoms with Gasteiger partial charge in [-0.25, -0.2) is 4.39 Å². The van der Waals surface area contributed by atoms with E-state index in [1.807, 2.05) is 11.0 Å². The summed E-state index contributed by atoms with van der Waals surface area (Å²) in [5.74, 6) is -0.0391. The highest BCUT2D eigenvalue weighted by atomic mass is 19.1. The summed E-state index contributed by atoms with van der Waals surface area (Å²) in [4.78, 5) is 16.7. The first-order valence-corrected chi connectivity index (χ1v) is 8.59. The SMILES string of the molecule is O=C(CN1CCCCC[C@H]1c1cccc(F)c1)N1CCOCC1. The Morgan fingerprint density at radius 1 is 1.17 bits per heavy atom. The van der Waals surface area contributed by atoms with Crippen LogP contribution in [0.5, 0.6) is 0 Å². The summed E-state index contributed by atoms with van der Waals surface area (Å²) in [6, 6.07) is 6.97. The fourth-order valence-electron chi connectivity index (χ4n) is 3.53. The standard InChI is InChI=1S/C18H25FN2O2/c19-16-6-4-5-15(13-16)17-7-2-1-3-8-21(17)14-18(22)20-9-11-23-12-10-20/h4-6,13,17H,1-3,7-12,14H2/t17-/m0/s1. The third-order valence-corrected chi connectivity index (χ3v) is 4.80. The number of carbonyl (C=O) groups excluding carboxylic acids is 1. The van der Waals surface area contributed by atoms with Gasteiger partial charge >= 0.3 is 0 Å². The average Bonchev–Trinajstić information content (AvgIpc) is 2.81. The third-order valence-electron chi connectivity index (χ3n) is 4.80. The van der Waals surface area contributed by atoms with Crippen molar-refractivity contribution in [3.63, 3.8) is 0 Å². The first kappa shape index (κ1) is 16.4. The van der Waals surface area contributed by atoms with E-state index >= 15 is 0 Å². The van der Waals surface area contributed by atoms with Crippen LogP contribution in [-0.4, -0.2) is 55.1 Å². The molecule has 0 saturated carbocycles. The Morgan fingerprint density at radius 3 is 2.78 bits per heavy atom. The number of likely N-dealkylation sites (tertiary alicyclic amines) is 1. The Morgan fingerprint density at radius 2 is 2.00 bits per heavy atom. The quantitative estimate of drug-likeness (QED) is 0.858. The molecule has 126 valence electrons. The molecule has 1 amide bonds. The second-order valence-electron chi connectivity index (χ2n) is 6.38. The topological polar surface area (TPSA) is 32.8 Å². The van der Waals surface area contributed by atoms with Crippen LogP contribution < -0.4 is 0 Å². The number of nitrogens with zero attached hydrogens (tertiary/aromatic N) is 2. The summed E-state index contributed by atoms with van der Waals surface area (Å²) < 4.78 is 18.9. The van der Waals surface area contributed by atoms with Crippen molar-refractivity contribution in [3.05, 3.63) is 35.6 Å². The second-order valence-corrected chi connectivity index (χ2v) is 6.38. The van der Waals surface area contributed by atoms with Crippen LogP contribution in [0.1, 0.15) is 37.3 Å². The average molecular weight is 320 g/mol. The van der Waals surface area contributed by atoms with Gasteiger partial charge in [-0.3, -0.25) is 9.69 Å². The molecule has 0 aromatic heterocycles. The van der Waals surface area contributed by atoms with Crippen molar-refractivity contribution < 1.29 is 13.9 Å². The van der Waals surface area contributed by atoms with Crippen molar-refractivity contribution in [1.29, 1.82) is 0 Å². The van der Waals surface area contributed by atoms with E-state index in [0.717, 1.165) is 31.4 Å². The first-order valence-electron chi connectivity index (χ1n) is 8.59. The number of hydrogen-bond donors (Lipinski definition) is 0. The minimum absolute atomic E-state index is 0.137. The summed E-state index contributed by atoms with van der Waals surface area (Å²) in [6.45, 7) is 3.92. The monoisotopic (exact) mass is 320 g/mol. The van der Waals surface area contributed by atoms with Crippen LogP contribution in [0.15, 0.2) is 24.3 Å². The zero-order valence-electron chi connectivity index (χ0n) is 13.5. The van der Waals surface area contributed by atoms with Gasteiger partial charge in [-0.1, -0.05) is 25.0 Å². The predicted molar refractivity (Wildman–Crippen MR) is 86.6 cm³/mol. The fourth-order valence-corrected chi connectivity index (χ4v) is 3.53. The summed E-state index contributed by atoms with van der Waals surface area (Å²) in [5.41, 5.74) is 0.988. The molecule has 0 bridgehead atoms. The van der Waals surface area contributed by atoms with E-state index in [4.69, 9.17) is 4.74 Å². The highest BCUT2D eigenvalue weighted by Crippen LogP contribution is 2.30. The molecule has 4 nitrogen and oxygen atoms in total. The van der Waals surface area contributed by atoms with Gasteiger partial charge in [0.1, 0.15) is 5.82 Å². The number of rotatable bonds is 3. The molecule has 0 aliphatic carbocycles. The van der Waals surface area contributed by atoms with Gasteiger partial charge in [-0.15, -0.1) is 0 Å². The van der Waals surface area contributed by atoms with Crippen molar-refractivity contribution in [3.8, 4) is 0 Å². The molecule has 3 rings (SSSR count). The minimum Gasteiger partial charge on any atom is -0.378 e. The molecule has 0 unspecified atom stereocenters. The fraction of sp³-hybridized carbons (Fsp3) is 0.611. The lowest BCUT2D eigenvalue weighted by Crippen LogP contribution is -2.46. The number of hydrogen-bond acceptors (Lipinski definition) is 3. The molecule has 5 heteroatoms. The number of carbonyl (C=O) groups is 1. The van der Waals surface area contributed by atoms with Gasteiger partial charge in [-0.2, -0.15) is 0 Å².